The second kappa shape index (κ2) is 6.53. The third-order valence-corrected chi connectivity index (χ3v) is 2.25. The van der Waals surface area contributed by atoms with Crippen molar-refractivity contribution in [1.82, 2.24) is 0 Å². The van der Waals surface area contributed by atoms with E-state index >= 15 is 0 Å². The summed E-state index contributed by atoms with van der Waals surface area (Å²) in [5.74, 6) is 0. The van der Waals surface area contributed by atoms with Crippen LogP contribution in [0.15, 0.2) is 30.3 Å². The van der Waals surface area contributed by atoms with Gasteiger partial charge in [0.05, 0.1) is 11.1 Å². The van der Waals surface area contributed by atoms with Crippen LogP contribution in [0.4, 0.5) is 0 Å². The van der Waals surface area contributed by atoms with Crippen LogP contribution < -0.4 is 5.73 Å². The predicted octanol–water partition coefficient (Wildman–Crippen LogP) is 2.83. The maximum absolute atomic E-state index is 5.72. The molecule has 0 saturated carbocycles. The molecule has 1 aromatic carbocycles. The molecular formula is C12H17NOS. The van der Waals surface area contributed by atoms with E-state index in [-0.39, 0.29) is 6.10 Å². The molecule has 15 heavy (non-hydrogen) atoms. The Kier molecular flexibility index (Phi) is 5.29. The van der Waals surface area contributed by atoms with Crippen molar-refractivity contribution in [2.24, 2.45) is 5.73 Å². The van der Waals surface area contributed by atoms with Gasteiger partial charge < -0.3 is 10.5 Å². The molecule has 0 amide bonds. The van der Waals surface area contributed by atoms with Gasteiger partial charge in [0, 0.05) is 13.0 Å². The normalized spacial score (nSPS) is 12.3. The molecule has 0 aliphatic rings. The first kappa shape index (κ1) is 12.1. The van der Waals surface area contributed by atoms with Gasteiger partial charge in [0.2, 0.25) is 0 Å². The fraction of sp³-hybridized carbons (Fsp3) is 0.417. The molecule has 0 spiro atoms. The Morgan fingerprint density at radius 3 is 2.60 bits per heavy atom. The summed E-state index contributed by atoms with van der Waals surface area (Å²) in [4.78, 5) is 0.500. The zero-order chi connectivity index (χ0) is 11.1. The van der Waals surface area contributed by atoms with Crippen molar-refractivity contribution in [2.45, 2.75) is 25.9 Å². The molecule has 3 heteroatoms. The number of hydrogen-bond acceptors (Lipinski definition) is 2. The largest absolute Gasteiger partial charge is 0.393 e. The van der Waals surface area contributed by atoms with Crippen molar-refractivity contribution >= 4 is 17.2 Å². The molecule has 0 aliphatic heterocycles. The smallest absolute Gasteiger partial charge is 0.0887 e. The van der Waals surface area contributed by atoms with E-state index in [9.17, 15) is 0 Å². The van der Waals surface area contributed by atoms with Crippen molar-refractivity contribution < 1.29 is 4.74 Å². The molecule has 1 unspecified atom stereocenters. The Morgan fingerprint density at radius 2 is 2.07 bits per heavy atom. The number of hydrogen-bond donors (Lipinski definition) is 1. The highest BCUT2D eigenvalue weighted by atomic mass is 32.1. The Morgan fingerprint density at radius 1 is 1.40 bits per heavy atom. The van der Waals surface area contributed by atoms with E-state index in [0.29, 0.717) is 11.4 Å². The van der Waals surface area contributed by atoms with Crippen LogP contribution in [-0.4, -0.2) is 11.6 Å². The van der Waals surface area contributed by atoms with E-state index in [1.165, 1.54) is 0 Å². The number of thiocarbonyl (C=S) groups is 1. The molecule has 0 radical (unpaired) electrons. The fourth-order valence-corrected chi connectivity index (χ4v) is 1.53. The molecule has 0 heterocycles. The quantitative estimate of drug-likeness (QED) is 0.753. The first-order valence-corrected chi connectivity index (χ1v) is 5.59. The van der Waals surface area contributed by atoms with Crippen molar-refractivity contribution in [1.29, 1.82) is 0 Å². The molecule has 1 rings (SSSR count). The van der Waals surface area contributed by atoms with Gasteiger partial charge in [0.25, 0.3) is 0 Å². The van der Waals surface area contributed by atoms with Crippen molar-refractivity contribution in [2.75, 3.05) is 6.61 Å². The minimum Gasteiger partial charge on any atom is -0.393 e. The van der Waals surface area contributed by atoms with Crippen LogP contribution in [0.1, 0.15) is 31.4 Å². The van der Waals surface area contributed by atoms with Gasteiger partial charge in [-0.1, -0.05) is 49.5 Å². The summed E-state index contributed by atoms with van der Waals surface area (Å²) in [6.45, 7) is 2.82. The summed E-state index contributed by atoms with van der Waals surface area (Å²) in [5, 5.41) is 0. The Labute approximate surface area is 96.4 Å². The van der Waals surface area contributed by atoms with Gasteiger partial charge in [-0.15, -0.1) is 0 Å². The van der Waals surface area contributed by atoms with E-state index in [1.54, 1.807) is 0 Å². The Bertz CT molecular complexity index is 300. The first-order chi connectivity index (χ1) is 7.24. The third kappa shape index (κ3) is 4.40. The van der Waals surface area contributed by atoms with E-state index in [1.807, 2.05) is 30.3 Å². The molecule has 2 N–H and O–H groups in total. The molecule has 82 valence electrons. The van der Waals surface area contributed by atoms with E-state index in [0.717, 1.165) is 18.6 Å². The van der Waals surface area contributed by atoms with Gasteiger partial charge in [-0.25, -0.2) is 0 Å². The van der Waals surface area contributed by atoms with Crippen LogP contribution in [0.2, 0.25) is 0 Å². The zero-order valence-corrected chi connectivity index (χ0v) is 9.80. The predicted molar refractivity (Wildman–Crippen MR) is 66.8 cm³/mol. The van der Waals surface area contributed by atoms with Gasteiger partial charge in [0.15, 0.2) is 0 Å². The van der Waals surface area contributed by atoms with E-state index < -0.39 is 0 Å². The lowest BCUT2D eigenvalue weighted by molar-refractivity contribution is 0.0583. The zero-order valence-electron chi connectivity index (χ0n) is 8.98. The number of ether oxygens (including phenoxy) is 1. The molecular weight excluding hydrogens is 206 g/mol. The summed E-state index contributed by atoms with van der Waals surface area (Å²) in [5.41, 5.74) is 6.69. The summed E-state index contributed by atoms with van der Waals surface area (Å²) < 4.78 is 5.72. The lowest BCUT2D eigenvalue weighted by Crippen LogP contribution is -2.15. The SMILES string of the molecule is CCCOC(CC(N)=S)c1ccccc1. The van der Waals surface area contributed by atoms with Crippen molar-refractivity contribution in [3.63, 3.8) is 0 Å². The summed E-state index contributed by atoms with van der Waals surface area (Å²) in [6, 6.07) is 10.1. The molecule has 0 saturated heterocycles. The molecule has 0 fully saturated rings. The summed E-state index contributed by atoms with van der Waals surface area (Å²) in [7, 11) is 0. The van der Waals surface area contributed by atoms with Crippen LogP contribution in [0.3, 0.4) is 0 Å². The molecule has 0 bridgehead atoms. The highest BCUT2D eigenvalue weighted by molar-refractivity contribution is 7.80. The Balaban J connectivity index is 2.67. The lowest BCUT2D eigenvalue weighted by Gasteiger charge is -2.17. The minimum absolute atomic E-state index is 0.00338. The van der Waals surface area contributed by atoms with Crippen LogP contribution in [0.5, 0.6) is 0 Å². The second-order valence-electron chi connectivity index (χ2n) is 3.44. The monoisotopic (exact) mass is 223 g/mol. The molecule has 0 aromatic heterocycles. The average molecular weight is 223 g/mol. The first-order valence-electron chi connectivity index (χ1n) is 5.19. The van der Waals surface area contributed by atoms with Gasteiger partial charge >= 0.3 is 0 Å². The minimum atomic E-state index is 0.00338. The van der Waals surface area contributed by atoms with Crippen molar-refractivity contribution in [3.05, 3.63) is 35.9 Å². The molecule has 0 aliphatic carbocycles. The number of rotatable bonds is 6. The Hall–Kier alpha value is -0.930. The molecule has 1 aromatic rings. The maximum atomic E-state index is 5.72. The summed E-state index contributed by atoms with van der Waals surface area (Å²) >= 11 is 4.92. The fourth-order valence-electron chi connectivity index (χ4n) is 1.38. The van der Waals surface area contributed by atoms with Gasteiger partial charge in [-0.3, -0.25) is 0 Å². The van der Waals surface area contributed by atoms with Crippen LogP contribution in [0, 0.1) is 0 Å². The number of nitrogens with two attached hydrogens (primary N) is 1. The number of benzene rings is 1. The van der Waals surface area contributed by atoms with Gasteiger partial charge in [0.1, 0.15) is 0 Å². The van der Waals surface area contributed by atoms with E-state index in [2.05, 4.69) is 6.92 Å². The van der Waals surface area contributed by atoms with Crippen LogP contribution >= 0.6 is 12.2 Å². The average Bonchev–Trinajstić information content (AvgIpc) is 2.25. The highest BCUT2D eigenvalue weighted by Crippen LogP contribution is 2.21. The second-order valence-corrected chi connectivity index (χ2v) is 3.96. The maximum Gasteiger partial charge on any atom is 0.0887 e. The van der Waals surface area contributed by atoms with E-state index in [4.69, 9.17) is 22.7 Å². The standard InChI is InChI=1S/C12H17NOS/c1-2-8-14-11(9-12(13)15)10-6-4-3-5-7-10/h3-7,11H,2,8-9H2,1H3,(H2,13,15). The van der Waals surface area contributed by atoms with Crippen LogP contribution in [-0.2, 0) is 4.74 Å². The van der Waals surface area contributed by atoms with Crippen molar-refractivity contribution in [3.8, 4) is 0 Å². The van der Waals surface area contributed by atoms with Gasteiger partial charge in [-0.05, 0) is 12.0 Å². The molecule has 2 nitrogen and oxygen atoms in total. The lowest BCUT2D eigenvalue weighted by atomic mass is 10.1. The summed E-state index contributed by atoms with van der Waals surface area (Å²) in [6.07, 6.45) is 1.61. The topological polar surface area (TPSA) is 35.2 Å². The van der Waals surface area contributed by atoms with Crippen LogP contribution in [0.25, 0.3) is 0 Å². The molecule has 1 atom stereocenters. The van der Waals surface area contributed by atoms with Gasteiger partial charge in [-0.2, -0.15) is 0 Å². The third-order valence-electron chi connectivity index (χ3n) is 2.08. The highest BCUT2D eigenvalue weighted by Gasteiger charge is 2.12.